The molecule has 1 aromatic heterocycles. The Morgan fingerprint density at radius 1 is 0.500 bits per heavy atom. The maximum atomic E-state index is 4.60. The van der Waals surface area contributed by atoms with Crippen molar-refractivity contribution >= 4 is 0 Å². The Morgan fingerprint density at radius 3 is 1.60 bits per heavy atom. The standard InChI is InChI=1S/C28H36N2/c1-3-5-7-8-10-12-24-21-29-28(30-22-24)27-19-17-26(18-20-27)25-15-13-23(14-16-25)11-9-6-4-2/h13-22H,3-12H2,1-2H3. The summed E-state index contributed by atoms with van der Waals surface area (Å²) in [6.45, 7) is 4.51. The molecule has 2 aromatic carbocycles. The Labute approximate surface area is 182 Å². The lowest BCUT2D eigenvalue weighted by molar-refractivity contribution is 0.631. The van der Waals surface area contributed by atoms with Crippen LogP contribution in [0.1, 0.15) is 76.3 Å². The molecule has 0 aliphatic rings. The van der Waals surface area contributed by atoms with Gasteiger partial charge in [-0.25, -0.2) is 9.97 Å². The molecular formula is C28H36N2. The summed E-state index contributed by atoms with van der Waals surface area (Å²) in [5, 5.41) is 0. The van der Waals surface area contributed by atoms with Gasteiger partial charge in [0.25, 0.3) is 0 Å². The van der Waals surface area contributed by atoms with E-state index in [0.29, 0.717) is 0 Å². The SMILES string of the molecule is CCCCCCCc1cnc(-c2ccc(-c3ccc(CCCCC)cc3)cc2)nc1. The van der Waals surface area contributed by atoms with Gasteiger partial charge in [0.1, 0.15) is 0 Å². The average Bonchev–Trinajstić information content (AvgIpc) is 2.80. The summed E-state index contributed by atoms with van der Waals surface area (Å²) in [6, 6.07) is 17.6. The van der Waals surface area contributed by atoms with E-state index >= 15 is 0 Å². The minimum Gasteiger partial charge on any atom is -0.236 e. The largest absolute Gasteiger partial charge is 0.236 e. The van der Waals surface area contributed by atoms with Crippen LogP contribution in [-0.4, -0.2) is 9.97 Å². The topological polar surface area (TPSA) is 25.8 Å². The minimum absolute atomic E-state index is 0.808. The van der Waals surface area contributed by atoms with Crippen molar-refractivity contribution in [1.82, 2.24) is 9.97 Å². The van der Waals surface area contributed by atoms with Gasteiger partial charge < -0.3 is 0 Å². The molecule has 30 heavy (non-hydrogen) atoms. The zero-order chi connectivity index (χ0) is 21.0. The van der Waals surface area contributed by atoms with Gasteiger partial charge in [-0.1, -0.05) is 101 Å². The van der Waals surface area contributed by atoms with Crippen molar-refractivity contribution in [3.8, 4) is 22.5 Å². The molecule has 0 amide bonds. The highest BCUT2D eigenvalue weighted by Crippen LogP contribution is 2.24. The number of unbranched alkanes of at least 4 members (excludes halogenated alkanes) is 6. The van der Waals surface area contributed by atoms with Crippen molar-refractivity contribution in [1.29, 1.82) is 0 Å². The lowest BCUT2D eigenvalue weighted by Gasteiger charge is -2.07. The van der Waals surface area contributed by atoms with Crippen LogP contribution in [0.25, 0.3) is 22.5 Å². The Morgan fingerprint density at radius 2 is 0.967 bits per heavy atom. The zero-order valence-electron chi connectivity index (χ0n) is 18.7. The highest BCUT2D eigenvalue weighted by molar-refractivity contribution is 5.67. The third kappa shape index (κ3) is 6.79. The van der Waals surface area contributed by atoms with Gasteiger partial charge >= 0.3 is 0 Å². The van der Waals surface area contributed by atoms with E-state index in [9.17, 15) is 0 Å². The fraction of sp³-hybridized carbons (Fsp3) is 0.429. The molecule has 0 fully saturated rings. The fourth-order valence-corrected chi connectivity index (χ4v) is 3.82. The van der Waals surface area contributed by atoms with Gasteiger partial charge in [0, 0.05) is 18.0 Å². The van der Waals surface area contributed by atoms with Crippen LogP contribution in [-0.2, 0) is 12.8 Å². The number of nitrogens with zero attached hydrogens (tertiary/aromatic N) is 2. The third-order valence-corrected chi connectivity index (χ3v) is 5.77. The maximum absolute atomic E-state index is 4.60. The average molecular weight is 401 g/mol. The maximum Gasteiger partial charge on any atom is 0.159 e. The molecule has 0 bridgehead atoms. The second-order valence-corrected chi connectivity index (χ2v) is 8.31. The summed E-state index contributed by atoms with van der Waals surface area (Å²) in [5.74, 6) is 0.808. The van der Waals surface area contributed by atoms with Crippen LogP contribution in [0.4, 0.5) is 0 Å². The number of aryl methyl sites for hydroxylation is 2. The van der Waals surface area contributed by atoms with E-state index in [1.165, 1.54) is 80.0 Å². The Bertz CT molecular complexity index is 849. The monoisotopic (exact) mass is 400 g/mol. The van der Waals surface area contributed by atoms with E-state index in [2.05, 4.69) is 72.3 Å². The number of benzene rings is 2. The Hall–Kier alpha value is -2.48. The normalized spacial score (nSPS) is 11.0. The zero-order valence-corrected chi connectivity index (χ0v) is 18.7. The molecule has 0 saturated carbocycles. The van der Waals surface area contributed by atoms with Crippen molar-refractivity contribution in [3.63, 3.8) is 0 Å². The molecule has 0 saturated heterocycles. The van der Waals surface area contributed by atoms with E-state index in [4.69, 9.17) is 0 Å². The summed E-state index contributed by atoms with van der Waals surface area (Å²) >= 11 is 0. The van der Waals surface area contributed by atoms with Crippen LogP contribution in [0.15, 0.2) is 60.9 Å². The summed E-state index contributed by atoms with van der Waals surface area (Å²) in [7, 11) is 0. The molecule has 1 heterocycles. The highest BCUT2D eigenvalue weighted by Gasteiger charge is 2.04. The van der Waals surface area contributed by atoms with Crippen molar-refractivity contribution in [3.05, 3.63) is 72.1 Å². The first-order chi connectivity index (χ1) is 14.8. The smallest absolute Gasteiger partial charge is 0.159 e. The van der Waals surface area contributed by atoms with Crippen LogP contribution in [0, 0.1) is 0 Å². The lowest BCUT2D eigenvalue weighted by atomic mass is 10.0. The first kappa shape index (κ1) is 22.2. The molecule has 0 spiro atoms. The quantitative estimate of drug-likeness (QED) is 0.287. The lowest BCUT2D eigenvalue weighted by Crippen LogP contribution is -1.93. The third-order valence-electron chi connectivity index (χ3n) is 5.77. The van der Waals surface area contributed by atoms with Crippen molar-refractivity contribution in [2.45, 2.75) is 78.1 Å². The van der Waals surface area contributed by atoms with Gasteiger partial charge in [0.15, 0.2) is 5.82 Å². The van der Waals surface area contributed by atoms with Gasteiger partial charge in [0.05, 0.1) is 0 Å². The van der Waals surface area contributed by atoms with E-state index in [0.717, 1.165) is 17.8 Å². The van der Waals surface area contributed by atoms with Crippen molar-refractivity contribution in [2.24, 2.45) is 0 Å². The fourth-order valence-electron chi connectivity index (χ4n) is 3.82. The summed E-state index contributed by atoms with van der Waals surface area (Å²) in [4.78, 5) is 9.20. The number of hydrogen-bond donors (Lipinski definition) is 0. The van der Waals surface area contributed by atoms with Gasteiger partial charge in [-0.3, -0.25) is 0 Å². The molecule has 3 rings (SSSR count). The predicted molar refractivity (Wildman–Crippen MR) is 129 cm³/mol. The molecule has 2 nitrogen and oxygen atoms in total. The first-order valence-electron chi connectivity index (χ1n) is 11.8. The van der Waals surface area contributed by atoms with Crippen LogP contribution in [0.5, 0.6) is 0 Å². The summed E-state index contributed by atoms with van der Waals surface area (Å²) in [5.41, 5.74) is 6.25. The second-order valence-electron chi connectivity index (χ2n) is 8.31. The molecule has 158 valence electrons. The minimum atomic E-state index is 0.808. The van der Waals surface area contributed by atoms with Crippen LogP contribution in [0.2, 0.25) is 0 Å². The first-order valence-corrected chi connectivity index (χ1v) is 11.8. The number of aromatic nitrogens is 2. The molecule has 0 N–H and O–H groups in total. The molecule has 0 aliphatic carbocycles. The van der Waals surface area contributed by atoms with Crippen molar-refractivity contribution in [2.75, 3.05) is 0 Å². The van der Waals surface area contributed by atoms with Gasteiger partial charge in [-0.05, 0) is 47.9 Å². The predicted octanol–water partition coefficient (Wildman–Crippen LogP) is 8.06. The summed E-state index contributed by atoms with van der Waals surface area (Å²) < 4.78 is 0. The molecule has 0 unspecified atom stereocenters. The Kier molecular flexibility index (Phi) is 9.08. The van der Waals surface area contributed by atoms with Gasteiger partial charge in [-0.2, -0.15) is 0 Å². The van der Waals surface area contributed by atoms with Crippen LogP contribution >= 0.6 is 0 Å². The van der Waals surface area contributed by atoms with Gasteiger partial charge in [-0.15, -0.1) is 0 Å². The summed E-state index contributed by atoms with van der Waals surface area (Å²) in [6.07, 6.45) is 16.6. The number of rotatable bonds is 12. The van der Waals surface area contributed by atoms with E-state index in [1.807, 2.05) is 12.4 Å². The van der Waals surface area contributed by atoms with Crippen molar-refractivity contribution < 1.29 is 0 Å². The molecule has 0 radical (unpaired) electrons. The van der Waals surface area contributed by atoms with E-state index in [-0.39, 0.29) is 0 Å². The molecule has 3 aromatic rings. The highest BCUT2D eigenvalue weighted by atomic mass is 14.9. The van der Waals surface area contributed by atoms with E-state index in [1.54, 1.807) is 0 Å². The second kappa shape index (κ2) is 12.3. The van der Waals surface area contributed by atoms with Crippen LogP contribution in [0.3, 0.4) is 0 Å². The molecule has 0 aliphatic heterocycles. The molecule has 2 heteroatoms. The Balaban J connectivity index is 1.56. The van der Waals surface area contributed by atoms with Crippen LogP contribution < -0.4 is 0 Å². The number of hydrogen-bond acceptors (Lipinski definition) is 2. The van der Waals surface area contributed by atoms with Gasteiger partial charge in [0.2, 0.25) is 0 Å². The van der Waals surface area contributed by atoms with E-state index < -0.39 is 0 Å². The molecular weight excluding hydrogens is 364 g/mol. The molecule has 0 atom stereocenters.